The molecule has 182 valence electrons. The number of Topliss-reactive ketones (excluding diaryl/α,β-unsaturated/α-hetero) is 1. The molecule has 1 unspecified atom stereocenters. The lowest BCUT2D eigenvalue weighted by molar-refractivity contribution is -0.132. The van der Waals surface area contributed by atoms with Crippen molar-refractivity contribution >= 4 is 34.7 Å². The molecule has 1 N–H and O–H groups in total. The van der Waals surface area contributed by atoms with Crippen molar-refractivity contribution in [1.29, 1.82) is 5.26 Å². The van der Waals surface area contributed by atoms with E-state index in [0.717, 1.165) is 0 Å². The van der Waals surface area contributed by atoms with E-state index in [0.29, 0.717) is 28.3 Å². The lowest BCUT2D eigenvalue weighted by Crippen LogP contribution is -2.29. The van der Waals surface area contributed by atoms with E-state index < -0.39 is 23.5 Å². The van der Waals surface area contributed by atoms with E-state index in [9.17, 15) is 14.7 Å². The van der Waals surface area contributed by atoms with Crippen molar-refractivity contribution in [3.8, 4) is 23.3 Å². The molecule has 1 saturated heterocycles. The third-order valence-corrected chi connectivity index (χ3v) is 6.15. The Morgan fingerprint density at radius 3 is 2.28 bits per heavy atom. The van der Waals surface area contributed by atoms with Gasteiger partial charge in [-0.3, -0.25) is 14.5 Å². The Balaban J connectivity index is 1.99. The molecule has 1 fully saturated rings. The van der Waals surface area contributed by atoms with Crippen molar-refractivity contribution in [1.82, 2.24) is 0 Å². The predicted molar refractivity (Wildman–Crippen MR) is 133 cm³/mol. The zero-order valence-corrected chi connectivity index (χ0v) is 20.4. The predicted octanol–water partition coefficient (Wildman–Crippen LogP) is 4.86. The van der Waals surface area contributed by atoms with E-state index in [2.05, 4.69) is 0 Å². The first-order valence-electron chi connectivity index (χ1n) is 10.7. The van der Waals surface area contributed by atoms with Gasteiger partial charge in [-0.25, -0.2) is 0 Å². The topological polar surface area (TPSA) is 109 Å². The average Bonchev–Trinajstić information content (AvgIpc) is 3.18. The van der Waals surface area contributed by atoms with E-state index in [1.165, 1.54) is 38.4 Å². The second kappa shape index (κ2) is 10.0. The van der Waals surface area contributed by atoms with Crippen LogP contribution in [0, 0.1) is 11.3 Å². The molecule has 1 atom stereocenters. The lowest BCUT2D eigenvalue weighted by Gasteiger charge is -2.26. The molecule has 0 bridgehead atoms. The van der Waals surface area contributed by atoms with Gasteiger partial charge in [0.2, 0.25) is 0 Å². The summed E-state index contributed by atoms with van der Waals surface area (Å²) in [6.45, 7) is 0. The number of nitriles is 1. The van der Waals surface area contributed by atoms with Crippen LogP contribution in [0.3, 0.4) is 0 Å². The van der Waals surface area contributed by atoms with Gasteiger partial charge >= 0.3 is 0 Å². The van der Waals surface area contributed by atoms with Crippen LogP contribution in [0.15, 0.2) is 66.2 Å². The largest absolute Gasteiger partial charge is 0.507 e. The number of methoxy groups -OCH3 is 3. The Kier molecular flexibility index (Phi) is 6.86. The summed E-state index contributed by atoms with van der Waals surface area (Å²) in [6, 6.07) is 17.0. The molecule has 1 amide bonds. The van der Waals surface area contributed by atoms with E-state index in [-0.39, 0.29) is 21.9 Å². The number of nitrogens with zero attached hydrogens (tertiary/aromatic N) is 2. The number of carbonyl (C=O) groups excluding carboxylic acids is 2. The Bertz CT molecular complexity index is 1430. The summed E-state index contributed by atoms with van der Waals surface area (Å²) in [6.07, 6.45) is 0. The zero-order valence-electron chi connectivity index (χ0n) is 19.6. The zero-order chi connectivity index (χ0) is 26.0. The summed E-state index contributed by atoms with van der Waals surface area (Å²) in [4.78, 5) is 28.0. The molecular formula is C27H21ClN2O6. The first-order valence-corrected chi connectivity index (χ1v) is 11.1. The third-order valence-electron chi connectivity index (χ3n) is 5.86. The van der Waals surface area contributed by atoms with Gasteiger partial charge in [-0.1, -0.05) is 23.7 Å². The van der Waals surface area contributed by atoms with Crippen LogP contribution in [0.5, 0.6) is 17.2 Å². The summed E-state index contributed by atoms with van der Waals surface area (Å²) in [5, 5.41) is 20.8. The van der Waals surface area contributed by atoms with E-state index in [4.69, 9.17) is 31.1 Å². The summed E-state index contributed by atoms with van der Waals surface area (Å²) >= 11 is 6.30. The summed E-state index contributed by atoms with van der Waals surface area (Å²) in [5.41, 5.74) is 1.26. The van der Waals surface area contributed by atoms with Gasteiger partial charge in [0.15, 0.2) is 0 Å². The number of rotatable bonds is 6. The van der Waals surface area contributed by atoms with Gasteiger partial charge in [-0.15, -0.1) is 0 Å². The van der Waals surface area contributed by atoms with Gasteiger partial charge in [0.1, 0.15) is 23.0 Å². The van der Waals surface area contributed by atoms with Crippen molar-refractivity contribution in [2.75, 3.05) is 26.2 Å². The van der Waals surface area contributed by atoms with Crippen LogP contribution in [0.1, 0.15) is 22.7 Å². The maximum atomic E-state index is 13.4. The standard InChI is InChI=1S/C27H21ClN2O6/c1-34-18-6-4-5-16(11-18)24-23(25(31)19-12-20(28)22(36-3)13-21(19)35-2)26(32)27(33)30(24)17-9-7-15(14-29)8-10-17/h4-13,24,31H,1-3H3/b25-23+. The molecule has 36 heavy (non-hydrogen) atoms. The maximum Gasteiger partial charge on any atom is 0.300 e. The Hall–Kier alpha value is -4.48. The number of anilines is 1. The number of amides is 1. The number of halogens is 1. The van der Waals surface area contributed by atoms with E-state index in [1.807, 2.05) is 6.07 Å². The first kappa shape index (κ1) is 24.6. The normalized spacial score (nSPS) is 16.5. The maximum absolute atomic E-state index is 13.4. The number of aliphatic hydroxyl groups excluding tert-OH is 1. The van der Waals surface area contributed by atoms with Crippen molar-refractivity contribution in [2.45, 2.75) is 6.04 Å². The van der Waals surface area contributed by atoms with Crippen LogP contribution < -0.4 is 19.1 Å². The molecule has 9 heteroatoms. The Morgan fingerprint density at radius 2 is 1.67 bits per heavy atom. The van der Waals surface area contributed by atoms with Gasteiger partial charge in [0.25, 0.3) is 11.7 Å². The Labute approximate surface area is 212 Å². The van der Waals surface area contributed by atoms with Crippen molar-refractivity contribution in [3.05, 3.63) is 87.9 Å². The molecule has 1 heterocycles. The molecule has 0 aromatic heterocycles. The van der Waals surface area contributed by atoms with Crippen LogP contribution in [0.4, 0.5) is 5.69 Å². The average molecular weight is 505 g/mol. The van der Waals surface area contributed by atoms with Gasteiger partial charge in [0.05, 0.1) is 55.2 Å². The molecule has 0 aliphatic carbocycles. The van der Waals surface area contributed by atoms with Crippen LogP contribution in [0.2, 0.25) is 5.02 Å². The fourth-order valence-corrected chi connectivity index (χ4v) is 4.35. The lowest BCUT2D eigenvalue weighted by atomic mass is 9.94. The molecule has 8 nitrogen and oxygen atoms in total. The highest BCUT2D eigenvalue weighted by atomic mass is 35.5. The molecule has 1 aliphatic rings. The highest BCUT2D eigenvalue weighted by molar-refractivity contribution is 6.51. The third kappa shape index (κ3) is 4.21. The number of benzene rings is 3. The smallest absolute Gasteiger partial charge is 0.300 e. The molecule has 4 rings (SSSR count). The van der Waals surface area contributed by atoms with Gasteiger partial charge < -0.3 is 19.3 Å². The van der Waals surface area contributed by atoms with Crippen LogP contribution in [-0.4, -0.2) is 38.1 Å². The highest BCUT2D eigenvalue weighted by Gasteiger charge is 2.47. The molecule has 0 spiro atoms. The van der Waals surface area contributed by atoms with Crippen molar-refractivity contribution in [2.24, 2.45) is 0 Å². The number of aliphatic hydroxyl groups is 1. The quantitative estimate of drug-likeness (QED) is 0.290. The molecule has 0 radical (unpaired) electrons. The minimum absolute atomic E-state index is 0.119. The number of hydrogen-bond acceptors (Lipinski definition) is 7. The molecule has 3 aromatic rings. The van der Waals surface area contributed by atoms with Gasteiger partial charge in [-0.05, 0) is 48.0 Å². The number of carbonyl (C=O) groups is 2. The second-order valence-electron chi connectivity index (χ2n) is 7.79. The monoisotopic (exact) mass is 504 g/mol. The molecule has 0 saturated carbocycles. The summed E-state index contributed by atoms with van der Waals surface area (Å²) in [7, 11) is 4.33. The minimum atomic E-state index is -1.00. The Morgan fingerprint density at radius 1 is 0.972 bits per heavy atom. The fourth-order valence-electron chi connectivity index (χ4n) is 4.11. The highest BCUT2D eigenvalue weighted by Crippen LogP contribution is 2.45. The van der Waals surface area contributed by atoms with Crippen molar-refractivity contribution < 1.29 is 28.9 Å². The van der Waals surface area contributed by atoms with E-state index in [1.54, 1.807) is 48.5 Å². The second-order valence-corrected chi connectivity index (χ2v) is 8.20. The van der Waals surface area contributed by atoms with Crippen LogP contribution >= 0.6 is 11.6 Å². The summed E-state index contributed by atoms with van der Waals surface area (Å²) in [5.74, 6) is -1.18. The van der Waals surface area contributed by atoms with Crippen molar-refractivity contribution in [3.63, 3.8) is 0 Å². The van der Waals surface area contributed by atoms with Crippen LogP contribution in [-0.2, 0) is 9.59 Å². The van der Waals surface area contributed by atoms with Gasteiger partial charge in [0, 0.05) is 11.8 Å². The fraction of sp³-hybridized carbons (Fsp3) is 0.148. The number of ether oxygens (including phenoxy) is 3. The number of hydrogen-bond donors (Lipinski definition) is 1. The molecule has 3 aromatic carbocycles. The summed E-state index contributed by atoms with van der Waals surface area (Å²) < 4.78 is 16.0. The first-order chi connectivity index (χ1) is 17.3. The minimum Gasteiger partial charge on any atom is -0.507 e. The van der Waals surface area contributed by atoms with E-state index >= 15 is 0 Å². The molecule has 1 aliphatic heterocycles. The number of ketones is 1. The van der Waals surface area contributed by atoms with Gasteiger partial charge in [-0.2, -0.15) is 5.26 Å². The molecular weight excluding hydrogens is 484 g/mol. The van der Waals surface area contributed by atoms with Crippen LogP contribution in [0.25, 0.3) is 5.76 Å². The SMILES string of the molecule is COc1cccc(C2/C(=C(\O)c3cc(Cl)c(OC)cc3OC)C(=O)C(=O)N2c2ccc(C#N)cc2)c1.